The van der Waals surface area contributed by atoms with Gasteiger partial charge in [0.15, 0.2) is 0 Å². The number of aromatic hydroxyl groups is 1. The van der Waals surface area contributed by atoms with Gasteiger partial charge in [-0.15, -0.1) is 0 Å². The fraction of sp³-hybridized carbons (Fsp3) is 0.391. The van der Waals surface area contributed by atoms with Crippen LogP contribution in [0, 0.1) is 13.8 Å². The van der Waals surface area contributed by atoms with Crippen LogP contribution >= 0.6 is 0 Å². The first kappa shape index (κ1) is 19.5. The van der Waals surface area contributed by atoms with E-state index in [1.165, 1.54) is 30.5 Å². The van der Waals surface area contributed by atoms with Gasteiger partial charge < -0.3 is 14.7 Å². The average molecular weight is 393 g/mol. The Hall–Kier alpha value is -2.86. The van der Waals surface area contributed by atoms with Crippen LogP contribution in [0.25, 0.3) is 16.6 Å². The molecule has 2 heterocycles. The highest BCUT2D eigenvalue weighted by molar-refractivity contribution is 5.81. The normalized spacial score (nSPS) is 14.6. The Morgan fingerprint density at radius 1 is 1.14 bits per heavy atom. The SMILES string of the molecule is Cc1cccc2nc(C)n(-c3ccc(OCCCN4CCCC4)cc3O)c(=O)c12. The number of ether oxygens (including phenoxy) is 1. The molecule has 0 atom stereocenters. The van der Waals surface area contributed by atoms with Crippen molar-refractivity contribution in [2.24, 2.45) is 0 Å². The first-order valence-corrected chi connectivity index (χ1v) is 10.2. The number of aromatic nitrogens is 2. The predicted octanol–water partition coefficient (Wildman–Crippen LogP) is 3.57. The lowest BCUT2D eigenvalue weighted by Crippen LogP contribution is -2.23. The van der Waals surface area contributed by atoms with Gasteiger partial charge in [-0.1, -0.05) is 12.1 Å². The molecule has 1 aromatic heterocycles. The Morgan fingerprint density at radius 2 is 1.93 bits per heavy atom. The van der Waals surface area contributed by atoms with Crippen molar-refractivity contribution in [3.63, 3.8) is 0 Å². The van der Waals surface area contributed by atoms with Crippen molar-refractivity contribution < 1.29 is 9.84 Å². The Bertz CT molecular complexity index is 1080. The summed E-state index contributed by atoms with van der Waals surface area (Å²) in [6.45, 7) is 7.67. The van der Waals surface area contributed by atoms with Gasteiger partial charge in [0.2, 0.25) is 0 Å². The minimum atomic E-state index is -0.180. The van der Waals surface area contributed by atoms with Crippen molar-refractivity contribution in [1.29, 1.82) is 0 Å². The number of hydrogen-bond donors (Lipinski definition) is 1. The Morgan fingerprint density at radius 3 is 2.69 bits per heavy atom. The van der Waals surface area contributed by atoms with Crippen LogP contribution < -0.4 is 10.3 Å². The lowest BCUT2D eigenvalue weighted by molar-refractivity contribution is 0.262. The number of nitrogens with zero attached hydrogens (tertiary/aromatic N) is 3. The molecule has 6 nitrogen and oxygen atoms in total. The van der Waals surface area contributed by atoms with E-state index >= 15 is 0 Å². The van der Waals surface area contributed by atoms with Gasteiger partial charge in [-0.05, 0) is 70.0 Å². The van der Waals surface area contributed by atoms with Crippen molar-refractivity contribution in [2.45, 2.75) is 33.1 Å². The second kappa shape index (κ2) is 8.25. The van der Waals surface area contributed by atoms with Crippen LogP contribution in [-0.2, 0) is 0 Å². The van der Waals surface area contributed by atoms with E-state index in [1.54, 1.807) is 25.1 Å². The van der Waals surface area contributed by atoms with Gasteiger partial charge in [-0.25, -0.2) is 4.98 Å². The highest BCUT2D eigenvalue weighted by atomic mass is 16.5. The quantitative estimate of drug-likeness (QED) is 0.649. The van der Waals surface area contributed by atoms with Crippen LogP contribution in [0.15, 0.2) is 41.2 Å². The fourth-order valence-corrected chi connectivity index (χ4v) is 4.06. The lowest BCUT2D eigenvalue weighted by Gasteiger charge is -2.16. The maximum Gasteiger partial charge on any atom is 0.266 e. The molecule has 0 amide bonds. The van der Waals surface area contributed by atoms with Gasteiger partial charge in [0.1, 0.15) is 17.3 Å². The Labute approximate surface area is 170 Å². The zero-order valence-electron chi connectivity index (χ0n) is 17.0. The summed E-state index contributed by atoms with van der Waals surface area (Å²) in [5.74, 6) is 1.13. The number of hydrogen-bond acceptors (Lipinski definition) is 5. The first-order chi connectivity index (χ1) is 14.0. The zero-order chi connectivity index (χ0) is 20.4. The minimum Gasteiger partial charge on any atom is -0.506 e. The van der Waals surface area contributed by atoms with Crippen LogP contribution in [0.1, 0.15) is 30.7 Å². The minimum absolute atomic E-state index is 0.00183. The van der Waals surface area contributed by atoms with E-state index in [9.17, 15) is 9.90 Å². The summed E-state index contributed by atoms with van der Waals surface area (Å²) in [7, 11) is 0. The molecule has 3 aromatic rings. The molecule has 6 heteroatoms. The molecule has 0 bridgehead atoms. The molecule has 29 heavy (non-hydrogen) atoms. The third-order valence-electron chi connectivity index (χ3n) is 5.55. The predicted molar refractivity (Wildman–Crippen MR) is 114 cm³/mol. The van der Waals surface area contributed by atoms with Crippen molar-refractivity contribution in [3.8, 4) is 17.2 Å². The van der Waals surface area contributed by atoms with E-state index in [4.69, 9.17) is 4.74 Å². The van der Waals surface area contributed by atoms with E-state index < -0.39 is 0 Å². The fourth-order valence-electron chi connectivity index (χ4n) is 4.06. The van der Waals surface area contributed by atoms with Crippen LogP contribution in [0.5, 0.6) is 11.5 Å². The Balaban J connectivity index is 1.55. The van der Waals surface area contributed by atoms with Crippen LogP contribution in [0.2, 0.25) is 0 Å². The van der Waals surface area contributed by atoms with E-state index in [2.05, 4.69) is 9.88 Å². The molecule has 1 fully saturated rings. The van der Waals surface area contributed by atoms with Crippen LogP contribution in [-0.4, -0.2) is 45.8 Å². The maximum atomic E-state index is 13.1. The number of fused-ring (bicyclic) bond motifs is 1. The van der Waals surface area contributed by atoms with E-state index in [0.717, 1.165) is 18.5 Å². The number of aryl methyl sites for hydroxylation is 2. The van der Waals surface area contributed by atoms with E-state index in [1.807, 2.05) is 25.1 Å². The summed E-state index contributed by atoms with van der Waals surface area (Å²) in [6, 6.07) is 10.7. The highest BCUT2D eigenvalue weighted by Crippen LogP contribution is 2.27. The number of benzene rings is 2. The monoisotopic (exact) mass is 393 g/mol. The molecule has 0 saturated carbocycles. The van der Waals surface area contributed by atoms with Crippen molar-refractivity contribution >= 4 is 10.9 Å². The van der Waals surface area contributed by atoms with Gasteiger partial charge in [-0.3, -0.25) is 9.36 Å². The molecule has 1 aliphatic heterocycles. The number of phenolic OH excluding ortho intramolecular Hbond substituents is 1. The molecule has 2 aromatic carbocycles. The molecule has 0 spiro atoms. The molecular weight excluding hydrogens is 366 g/mol. The van der Waals surface area contributed by atoms with Crippen molar-refractivity contribution in [2.75, 3.05) is 26.2 Å². The van der Waals surface area contributed by atoms with Gasteiger partial charge in [0.05, 0.1) is 23.2 Å². The average Bonchev–Trinajstić information content (AvgIpc) is 3.20. The summed E-state index contributed by atoms with van der Waals surface area (Å²) >= 11 is 0. The zero-order valence-corrected chi connectivity index (χ0v) is 17.0. The summed E-state index contributed by atoms with van der Waals surface area (Å²) in [6.07, 6.45) is 3.53. The largest absolute Gasteiger partial charge is 0.506 e. The van der Waals surface area contributed by atoms with Gasteiger partial charge >= 0.3 is 0 Å². The second-order valence-corrected chi connectivity index (χ2v) is 7.67. The summed E-state index contributed by atoms with van der Waals surface area (Å²) in [4.78, 5) is 20.1. The molecule has 0 aliphatic carbocycles. The summed E-state index contributed by atoms with van der Waals surface area (Å²) in [5, 5.41) is 11.2. The highest BCUT2D eigenvalue weighted by Gasteiger charge is 2.15. The number of rotatable bonds is 6. The molecule has 152 valence electrons. The summed E-state index contributed by atoms with van der Waals surface area (Å²) in [5.41, 5.74) is 1.77. The van der Waals surface area contributed by atoms with Crippen molar-refractivity contribution in [3.05, 3.63) is 58.1 Å². The van der Waals surface area contributed by atoms with E-state index in [0.29, 0.717) is 34.8 Å². The van der Waals surface area contributed by atoms with Gasteiger partial charge in [0.25, 0.3) is 5.56 Å². The standard InChI is InChI=1S/C23H27N3O3/c1-16-7-5-8-19-22(16)23(28)26(17(2)24-19)20-10-9-18(15-21(20)27)29-14-6-13-25-11-3-4-12-25/h5,7-10,15,27H,3-4,6,11-14H2,1-2H3. The molecule has 1 aliphatic rings. The number of likely N-dealkylation sites (tertiary alicyclic amines) is 1. The third-order valence-corrected chi connectivity index (χ3v) is 5.55. The van der Waals surface area contributed by atoms with Crippen LogP contribution in [0.3, 0.4) is 0 Å². The molecule has 0 unspecified atom stereocenters. The summed E-state index contributed by atoms with van der Waals surface area (Å²) < 4.78 is 7.26. The topological polar surface area (TPSA) is 67.6 Å². The lowest BCUT2D eigenvalue weighted by atomic mass is 10.1. The number of phenols is 1. The maximum absolute atomic E-state index is 13.1. The first-order valence-electron chi connectivity index (χ1n) is 10.2. The van der Waals surface area contributed by atoms with Gasteiger partial charge in [0, 0.05) is 12.6 Å². The molecule has 4 rings (SSSR count). The molecule has 1 saturated heterocycles. The van der Waals surface area contributed by atoms with Crippen LogP contribution in [0.4, 0.5) is 0 Å². The third kappa shape index (κ3) is 3.98. The van der Waals surface area contributed by atoms with Gasteiger partial charge in [-0.2, -0.15) is 0 Å². The Kier molecular flexibility index (Phi) is 5.53. The van der Waals surface area contributed by atoms with Crippen molar-refractivity contribution in [1.82, 2.24) is 14.5 Å². The molecular formula is C23H27N3O3. The second-order valence-electron chi connectivity index (χ2n) is 7.67. The molecule has 1 N–H and O–H groups in total. The van der Waals surface area contributed by atoms with E-state index in [-0.39, 0.29) is 11.3 Å². The molecule has 0 radical (unpaired) electrons. The smallest absolute Gasteiger partial charge is 0.266 e.